The first-order valence-electron chi connectivity index (χ1n) is 13.7. The van der Waals surface area contributed by atoms with Crippen molar-refractivity contribution in [2.75, 3.05) is 20.8 Å². The molecule has 0 aliphatic rings. The first kappa shape index (κ1) is 31.0. The molecule has 2 heterocycles. The van der Waals surface area contributed by atoms with E-state index in [2.05, 4.69) is 9.72 Å². The zero-order valence-corrected chi connectivity index (χ0v) is 24.3. The van der Waals surface area contributed by atoms with Gasteiger partial charge in [0.2, 0.25) is 5.88 Å². The van der Waals surface area contributed by atoms with Crippen LogP contribution in [0.3, 0.4) is 0 Å². The molecule has 0 fully saturated rings. The molecule has 5 aromatic rings. The highest BCUT2D eigenvalue weighted by atomic mass is 19.3. The monoisotopic (exact) mass is 616 g/mol. The molecule has 0 atom stereocenters. The summed E-state index contributed by atoms with van der Waals surface area (Å²) in [5.74, 6) is -0.322. The lowest BCUT2D eigenvalue weighted by Gasteiger charge is -2.13. The molecule has 3 aromatic carbocycles. The van der Waals surface area contributed by atoms with Gasteiger partial charge in [0.1, 0.15) is 24.0 Å². The van der Waals surface area contributed by atoms with Crippen LogP contribution in [0.25, 0.3) is 22.3 Å². The van der Waals surface area contributed by atoms with Gasteiger partial charge in [0.15, 0.2) is 0 Å². The van der Waals surface area contributed by atoms with E-state index < -0.39 is 18.4 Å². The Bertz CT molecular complexity index is 1890. The van der Waals surface area contributed by atoms with Crippen LogP contribution < -0.4 is 9.47 Å². The molecular weight excluding hydrogens is 589 g/mol. The Morgan fingerprint density at radius 3 is 2.56 bits per heavy atom. The van der Waals surface area contributed by atoms with Crippen LogP contribution in [-0.4, -0.2) is 47.9 Å². The molecule has 0 bridgehead atoms. The standard InChI is InChI=1S/C33H27F3N4O5/c1-42-13-12-40-28-16-23(32(41)43-2)10-11-27(28)38-30(40)17-21-8-9-22(15-25(21)34)26-4-3-5-31(39-26)44-19-24-7-6-20(18-37)14-29(24)45-33(35)36/h3-11,14-16,33H,12-13,17,19H2,1-2H3. The first-order chi connectivity index (χ1) is 21.8. The molecule has 0 N–H and O–H groups in total. The van der Waals surface area contributed by atoms with E-state index in [9.17, 15) is 13.6 Å². The number of nitrogens with zero attached hydrogens (tertiary/aromatic N) is 4. The molecule has 5 rings (SSSR count). The normalized spacial score (nSPS) is 11.0. The molecule has 2 aromatic heterocycles. The summed E-state index contributed by atoms with van der Waals surface area (Å²) in [7, 11) is 2.89. The van der Waals surface area contributed by atoms with Crippen molar-refractivity contribution in [1.29, 1.82) is 5.26 Å². The third-order valence-corrected chi connectivity index (χ3v) is 6.98. The Balaban J connectivity index is 1.36. The molecule has 230 valence electrons. The van der Waals surface area contributed by atoms with Crippen LogP contribution in [0.2, 0.25) is 0 Å². The Labute approximate surface area is 256 Å². The summed E-state index contributed by atoms with van der Waals surface area (Å²) in [6.07, 6.45) is 0.183. The van der Waals surface area contributed by atoms with Gasteiger partial charge in [-0.15, -0.1) is 0 Å². The number of ether oxygens (including phenoxy) is 4. The molecule has 0 saturated heterocycles. The first-order valence-corrected chi connectivity index (χ1v) is 13.7. The van der Waals surface area contributed by atoms with Crippen molar-refractivity contribution in [3.05, 3.63) is 107 Å². The predicted octanol–water partition coefficient (Wildman–Crippen LogP) is 6.31. The number of hydrogen-bond acceptors (Lipinski definition) is 8. The van der Waals surface area contributed by atoms with E-state index in [4.69, 9.17) is 24.5 Å². The van der Waals surface area contributed by atoms with Crippen LogP contribution in [0.5, 0.6) is 11.6 Å². The summed E-state index contributed by atoms with van der Waals surface area (Å²) in [5, 5.41) is 9.07. The number of nitriles is 1. The van der Waals surface area contributed by atoms with Crippen molar-refractivity contribution in [3.63, 3.8) is 0 Å². The highest BCUT2D eigenvalue weighted by Crippen LogP contribution is 2.27. The highest BCUT2D eigenvalue weighted by molar-refractivity contribution is 5.93. The van der Waals surface area contributed by atoms with E-state index >= 15 is 4.39 Å². The third kappa shape index (κ3) is 7.22. The minimum atomic E-state index is -3.07. The van der Waals surface area contributed by atoms with Crippen LogP contribution in [0.1, 0.15) is 32.9 Å². The van der Waals surface area contributed by atoms with Gasteiger partial charge in [-0.05, 0) is 48.0 Å². The van der Waals surface area contributed by atoms with E-state index in [0.29, 0.717) is 58.0 Å². The number of carbonyl (C=O) groups is 1. The Hall–Kier alpha value is -5.41. The number of alkyl halides is 2. The van der Waals surface area contributed by atoms with Crippen molar-refractivity contribution in [2.45, 2.75) is 26.2 Å². The Morgan fingerprint density at radius 2 is 1.82 bits per heavy atom. The molecule has 0 spiro atoms. The molecule has 0 aliphatic carbocycles. The minimum Gasteiger partial charge on any atom is -0.473 e. The van der Waals surface area contributed by atoms with Gasteiger partial charge >= 0.3 is 12.6 Å². The number of aromatic nitrogens is 3. The molecule has 0 aliphatic heterocycles. The number of fused-ring (bicyclic) bond motifs is 1. The number of hydrogen-bond donors (Lipinski definition) is 0. The molecule has 12 heteroatoms. The van der Waals surface area contributed by atoms with Crippen molar-refractivity contribution >= 4 is 17.0 Å². The molecule has 0 unspecified atom stereocenters. The van der Waals surface area contributed by atoms with Crippen LogP contribution >= 0.6 is 0 Å². The van der Waals surface area contributed by atoms with Crippen LogP contribution in [0, 0.1) is 17.1 Å². The molecule has 45 heavy (non-hydrogen) atoms. The fourth-order valence-corrected chi connectivity index (χ4v) is 4.76. The number of carbonyl (C=O) groups excluding carboxylic acids is 1. The maximum Gasteiger partial charge on any atom is 0.387 e. The number of benzene rings is 3. The number of halogens is 3. The van der Waals surface area contributed by atoms with Crippen molar-refractivity contribution in [2.24, 2.45) is 0 Å². The zero-order valence-electron chi connectivity index (χ0n) is 24.3. The number of methoxy groups -OCH3 is 2. The third-order valence-electron chi connectivity index (χ3n) is 6.98. The average molecular weight is 617 g/mol. The number of esters is 1. The summed E-state index contributed by atoms with van der Waals surface area (Å²) in [6.45, 7) is -2.39. The van der Waals surface area contributed by atoms with Gasteiger partial charge in [0.05, 0.1) is 47.6 Å². The summed E-state index contributed by atoms with van der Waals surface area (Å²) in [5.41, 5.74) is 3.54. The van der Waals surface area contributed by atoms with E-state index in [1.165, 1.54) is 31.4 Å². The average Bonchev–Trinajstić information content (AvgIpc) is 3.39. The second kappa shape index (κ2) is 13.9. The maximum atomic E-state index is 15.5. The number of pyridine rings is 1. The molecule has 0 radical (unpaired) electrons. The largest absolute Gasteiger partial charge is 0.473 e. The molecule has 9 nitrogen and oxygen atoms in total. The lowest BCUT2D eigenvalue weighted by atomic mass is 10.1. The fraction of sp³-hybridized carbons (Fsp3) is 0.212. The van der Waals surface area contributed by atoms with Crippen molar-refractivity contribution in [1.82, 2.24) is 14.5 Å². The second-order valence-electron chi connectivity index (χ2n) is 9.81. The SMILES string of the molecule is COCCn1c(Cc2ccc(-c3cccc(OCc4ccc(C#N)cc4OC(F)F)n3)cc2F)nc2ccc(C(=O)OC)cc21. The van der Waals surface area contributed by atoms with Gasteiger partial charge in [0, 0.05) is 37.3 Å². The lowest BCUT2D eigenvalue weighted by molar-refractivity contribution is -0.0508. The predicted molar refractivity (Wildman–Crippen MR) is 158 cm³/mol. The smallest absolute Gasteiger partial charge is 0.387 e. The van der Waals surface area contributed by atoms with Crippen molar-refractivity contribution in [3.8, 4) is 29.0 Å². The maximum absolute atomic E-state index is 15.5. The van der Waals surface area contributed by atoms with Gasteiger partial charge in [-0.2, -0.15) is 14.0 Å². The highest BCUT2D eigenvalue weighted by Gasteiger charge is 2.17. The van der Waals surface area contributed by atoms with E-state index in [0.717, 1.165) is 0 Å². The van der Waals surface area contributed by atoms with Gasteiger partial charge in [-0.1, -0.05) is 24.3 Å². The number of rotatable bonds is 12. The molecule has 0 saturated carbocycles. The second-order valence-corrected chi connectivity index (χ2v) is 9.81. The lowest BCUT2D eigenvalue weighted by Crippen LogP contribution is -2.10. The van der Waals surface area contributed by atoms with E-state index in [1.807, 2.05) is 10.6 Å². The fourth-order valence-electron chi connectivity index (χ4n) is 4.76. The molecular formula is C33H27F3N4O5. The Kier molecular flexibility index (Phi) is 9.60. The van der Waals surface area contributed by atoms with Gasteiger partial charge < -0.3 is 23.5 Å². The summed E-state index contributed by atoms with van der Waals surface area (Å²) in [6, 6.07) is 20.8. The van der Waals surface area contributed by atoms with Crippen LogP contribution in [0.15, 0.2) is 72.8 Å². The zero-order chi connectivity index (χ0) is 31.9. The van der Waals surface area contributed by atoms with Crippen molar-refractivity contribution < 1.29 is 36.9 Å². The van der Waals surface area contributed by atoms with Gasteiger partial charge in [-0.25, -0.2) is 19.2 Å². The quantitative estimate of drug-likeness (QED) is 0.150. The van der Waals surface area contributed by atoms with Gasteiger partial charge in [-0.3, -0.25) is 0 Å². The topological polar surface area (TPSA) is 108 Å². The minimum absolute atomic E-state index is 0.150. The van der Waals surface area contributed by atoms with Crippen LogP contribution in [-0.2, 0) is 29.0 Å². The molecule has 0 amide bonds. The summed E-state index contributed by atoms with van der Waals surface area (Å²) >= 11 is 0. The van der Waals surface area contributed by atoms with Crippen LogP contribution in [0.4, 0.5) is 13.2 Å². The van der Waals surface area contributed by atoms with E-state index in [1.54, 1.807) is 55.6 Å². The van der Waals surface area contributed by atoms with Gasteiger partial charge in [0.25, 0.3) is 0 Å². The summed E-state index contributed by atoms with van der Waals surface area (Å²) < 4.78 is 63.5. The number of imidazole rings is 1. The summed E-state index contributed by atoms with van der Waals surface area (Å²) in [4.78, 5) is 21.2. The Morgan fingerprint density at radius 1 is 1.00 bits per heavy atom. The van der Waals surface area contributed by atoms with E-state index in [-0.39, 0.29) is 30.2 Å².